The van der Waals surface area contributed by atoms with Gasteiger partial charge in [0.05, 0.1) is 5.56 Å². The number of hydrazine groups is 1. The summed E-state index contributed by atoms with van der Waals surface area (Å²) in [5, 5.41) is 2.14. The van der Waals surface area contributed by atoms with Crippen molar-refractivity contribution in [1.29, 1.82) is 0 Å². The molecule has 2 aromatic carbocycles. The van der Waals surface area contributed by atoms with Gasteiger partial charge in [0, 0.05) is 12.4 Å². The van der Waals surface area contributed by atoms with Crippen LogP contribution in [0.2, 0.25) is 0 Å². The lowest BCUT2D eigenvalue weighted by Crippen LogP contribution is -2.30. The summed E-state index contributed by atoms with van der Waals surface area (Å²) in [6, 6.07) is 16.9. The Hall–Kier alpha value is -4.20. The van der Waals surface area contributed by atoms with Gasteiger partial charge in [-0.05, 0) is 35.0 Å². The highest BCUT2D eigenvalue weighted by Gasteiger charge is 2.12. The summed E-state index contributed by atoms with van der Waals surface area (Å²) in [6.07, 6.45) is 4.34. The number of benzene rings is 2. The van der Waals surface area contributed by atoms with Gasteiger partial charge >= 0.3 is 0 Å². The van der Waals surface area contributed by atoms with Crippen LogP contribution in [0.15, 0.2) is 73.3 Å². The molecule has 138 valence electrons. The fourth-order valence-electron chi connectivity index (χ4n) is 2.59. The Morgan fingerprint density at radius 2 is 1.86 bits per heavy atom. The molecule has 0 aliphatic rings. The lowest BCUT2D eigenvalue weighted by molar-refractivity contribution is 0.0962. The minimum atomic E-state index is -0.372. The Balaban J connectivity index is 1.50. The molecule has 0 fully saturated rings. The van der Waals surface area contributed by atoms with Crippen molar-refractivity contribution in [2.45, 2.75) is 0 Å². The van der Waals surface area contributed by atoms with E-state index in [4.69, 9.17) is 10.5 Å². The van der Waals surface area contributed by atoms with Gasteiger partial charge in [0.25, 0.3) is 5.91 Å². The molecule has 2 heterocycles. The quantitative estimate of drug-likeness (QED) is 0.461. The van der Waals surface area contributed by atoms with Gasteiger partial charge < -0.3 is 10.5 Å². The van der Waals surface area contributed by atoms with Gasteiger partial charge in [0.1, 0.15) is 17.8 Å². The maximum Gasteiger partial charge on any atom is 0.271 e. The zero-order valence-electron chi connectivity index (χ0n) is 14.7. The van der Waals surface area contributed by atoms with Crippen LogP contribution in [0.5, 0.6) is 11.6 Å². The molecule has 0 atom stereocenters. The first-order valence-corrected chi connectivity index (χ1v) is 8.44. The average molecular weight is 372 g/mol. The number of nitrogens with one attached hydrogen (secondary N) is 2. The highest BCUT2D eigenvalue weighted by molar-refractivity contribution is 5.94. The third kappa shape index (κ3) is 3.65. The first-order valence-electron chi connectivity index (χ1n) is 8.44. The van der Waals surface area contributed by atoms with Crippen molar-refractivity contribution in [2.24, 2.45) is 0 Å². The zero-order valence-corrected chi connectivity index (χ0v) is 14.7. The van der Waals surface area contributed by atoms with Crippen LogP contribution in [-0.2, 0) is 0 Å². The van der Waals surface area contributed by atoms with Crippen molar-refractivity contribution in [2.75, 3.05) is 11.2 Å². The Kier molecular flexibility index (Phi) is 4.67. The number of nitrogen functional groups attached to an aromatic ring is 1. The lowest BCUT2D eigenvalue weighted by atomic mass is 10.1. The van der Waals surface area contributed by atoms with E-state index in [1.54, 1.807) is 18.3 Å². The number of fused-ring (bicyclic) bond motifs is 1. The van der Waals surface area contributed by atoms with Crippen molar-refractivity contribution in [3.8, 4) is 11.6 Å². The van der Waals surface area contributed by atoms with Crippen LogP contribution < -0.4 is 21.3 Å². The number of hydrogen-bond donors (Lipinski definition) is 3. The topological polar surface area (TPSA) is 115 Å². The van der Waals surface area contributed by atoms with E-state index in [-0.39, 0.29) is 23.3 Å². The summed E-state index contributed by atoms with van der Waals surface area (Å²) in [5.41, 5.74) is 11.9. The number of hydrogen-bond acceptors (Lipinski definition) is 7. The average Bonchev–Trinajstić information content (AvgIpc) is 2.74. The summed E-state index contributed by atoms with van der Waals surface area (Å²) in [7, 11) is 0. The summed E-state index contributed by atoms with van der Waals surface area (Å²) in [6.45, 7) is 0. The van der Waals surface area contributed by atoms with Gasteiger partial charge in [-0.2, -0.15) is 4.98 Å². The molecule has 28 heavy (non-hydrogen) atoms. The minimum Gasteiger partial charge on any atom is -0.437 e. The molecule has 1 amide bonds. The molecule has 0 aliphatic heterocycles. The molecular formula is C20H16N6O2. The first kappa shape index (κ1) is 17.2. The van der Waals surface area contributed by atoms with Crippen LogP contribution in [-0.4, -0.2) is 20.9 Å². The Labute approximate surface area is 160 Å². The van der Waals surface area contributed by atoms with Crippen LogP contribution in [0.4, 0.5) is 11.5 Å². The number of rotatable bonds is 5. The monoisotopic (exact) mass is 372 g/mol. The number of carbonyl (C=O) groups is 1. The summed E-state index contributed by atoms with van der Waals surface area (Å²) in [5.74, 6) is 0.629. The van der Waals surface area contributed by atoms with Gasteiger partial charge in [0.15, 0.2) is 5.82 Å². The van der Waals surface area contributed by atoms with E-state index in [2.05, 4.69) is 25.8 Å². The van der Waals surface area contributed by atoms with Gasteiger partial charge in [-0.15, -0.1) is 0 Å². The SMILES string of the molecule is Nc1c(NNC(=O)c2cccnc2)ncnc1Oc1ccc2ccccc2c1. The lowest BCUT2D eigenvalue weighted by Gasteiger charge is -2.12. The van der Waals surface area contributed by atoms with E-state index in [0.29, 0.717) is 11.3 Å². The number of nitrogens with two attached hydrogens (primary N) is 1. The normalized spacial score (nSPS) is 10.4. The molecule has 0 aliphatic carbocycles. The smallest absolute Gasteiger partial charge is 0.271 e. The Morgan fingerprint density at radius 1 is 1.00 bits per heavy atom. The van der Waals surface area contributed by atoms with Crippen LogP contribution in [0.3, 0.4) is 0 Å². The molecule has 8 nitrogen and oxygen atoms in total. The molecule has 0 spiro atoms. The van der Waals surface area contributed by atoms with Gasteiger partial charge in [-0.1, -0.05) is 30.3 Å². The van der Waals surface area contributed by atoms with Crippen molar-refractivity contribution in [1.82, 2.24) is 20.4 Å². The minimum absolute atomic E-state index is 0.169. The highest BCUT2D eigenvalue weighted by atomic mass is 16.5. The molecule has 0 saturated carbocycles. The molecule has 8 heteroatoms. The van der Waals surface area contributed by atoms with Crippen LogP contribution in [0, 0.1) is 0 Å². The standard InChI is InChI=1S/C20H16N6O2/c21-17-18(25-26-19(27)15-6-3-9-22-11-15)23-12-24-20(17)28-16-8-7-13-4-1-2-5-14(13)10-16/h1-12H,21H2,(H,26,27)(H,23,24,25). The van der Waals surface area contributed by atoms with E-state index in [9.17, 15) is 4.79 Å². The van der Waals surface area contributed by atoms with E-state index in [1.807, 2.05) is 42.5 Å². The molecule has 0 bridgehead atoms. The van der Waals surface area contributed by atoms with Crippen molar-refractivity contribution in [3.63, 3.8) is 0 Å². The fourth-order valence-corrected chi connectivity index (χ4v) is 2.59. The van der Waals surface area contributed by atoms with E-state index < -0.39 is 0 Å². The maximum atomic E-state index is 12.1. The Morgan fingerprint density at radius 3 is 2.68 bits per heavy atom. The number of carbonyl (C=O) groups excluding carboxylic acids is 1. The number of nitrogens with zero attached hydrogens (tertiary/aromatic N) is 3. The predicted molar refractivity (Wildman–Crippen MR) is 106 cm³/mol. The largest absolute Gasteiger partial charge is 0.437 e. The number of aromatic nitrogens is 3. The third-order valence-corrected chi connectivity index (χ3v) is 4.00. The van der Waals surface area contributed by atoms with Crippen molar-refractivity contribution < 1.29 is 9.53 Å². The first-order chi connectivity index (χ1) is 13.7. The van der Waals surface area contributed by atoms with Crippen molar-refractivity contribution >= 4 is 28.2 Å². The van der Waals surface area contributed by atoms with Crippen LogP contribution >= 0.6 is 0 Å². The maximum absolute atomic E-state index is 12.1. The second-order valence-corrected chi connectivity index (χ2v) is 5.87. The molecule has 4 rings (SSSR count). The van der Waals surface area contributed by atoms with Gasteiger partial charge in [-0.3, -0.25) is 20.6 Å². The van der Waals surface area contributed by atoms with Gasteiger partial charge in [0.2, 0.25) is 5.88 Å². The third-order valence-electron chi connectivity index (χ3n) is 4.00. The predicted octanol–water partition coefficient (Wildman–Crippen LogP) is 3.16. The number of ether oxygens (including phenoxy) is 1. The van der Waals surface area contributed by atoms with Gasteiger partial charge in [-0.25, -0.2) is 4.98 Å². The van der Waals surface area contributed by atoms with E-state index in [0.717, 1.165) is 10.8 Å². The van der Waals surface area contributed by atoms with Crippen LogP contribution in [0.1, 0.15) is 10.4 Å². The molecular weight excluding hydrogens is 356 g/mol. The van der Waals surface area contributed by atoms with E-state index >= 15 is 0 Å². The molecule has 4 N–H and O–H groups in total. The highest BCUT2D eigenvalue weighted by Crippen LogP contribution is 2.30. The molecule has 0 saturated heterocycles. The van der Waals surface area contributed by atoms with Crippen LogP contribution in [0.25, 0.3) is 10.8 Å². The summed E-state index contributed by atoms with van der Waals surface area (Å²) < 4.78 is 5.81. The Bertz CT molecular complexity index is 1130. The van der Waals surface area contributed by atoms with E-state index in [1.165, 1.54) is 12.5 Å². The number of anilines is 2. The molecule has 2 aromatic heterocycles. The second kappa shape index (κ2) is 7.58. The second-order valence-electron chi connectivity index (χ2n) is 5.87. The molecule has 4 aromatic rings. The number of pyridine rings is 1. The van der Waals surface area contributed by atoms with Crippen molar-refractivity contribution in [3.05, 3.63) is 78.9 Å². The fraction of sp³-hybridized carbons (Fsp3) is 0. The molecule has 0 radical (unpaired) electrons. The summed E-state index contributed by atoms with van der Waals surface area (Å²) >= 11 is 0. The summed E-state index contributed by atoms with van der Waals surface area (Å²) in [4.78, 5) is 24.1. The zero-order chi connectivity index (χ0) is 19.3. The molecule has 0 unspecified atom stereocenters. The number of amides is 1.